The van der Waals surface area contributed by atoms with Crippen LogP contribution in [0.2, 0.25) is 0 Å². The Hall–Kier alpha value is -1.83. The molecule has 3 rings (SSSR count). The molecule has 1 aromatic rings. The minimum atomic E-state index is -4.45. The van der Waals surface area contributed by atoms with E-state index in [1.54, 1.807) is 4.90 Å². The van der Waals surface area contributed by atoms with E-state index in [4.69, 9.17) is 4.74 Å². The van der Waals surface area contributed by atoms with Crippen LogP contribution in [-0.4, -0.2) is 48.3 Å². The molecule has 1 atom stereocenters. The average molecular weight is 301 g/mol. The lowest BCUT2D eigenvalue weighted by molar-refractivity contribution is -0.137. The van der Waals surface area contributed by atoms with Gasteiger partial charge in [0.2, 0.25) is 0 Å². The number of hydrogen-bond donors (Lipinski definition) is 0. The van der Waals surface area contributed by atoms with E-state index in [2.05, 4.69) is 4.98 Å². The molecule has 0 saturated carbocycles. The number of carbonyl (C=O) groups is 1. The molecule has 2 aliphatic heterocycles. The molecule has 1 aromatic heterocycles. The van der Waals surface area contributed by atoms with Crippen LogP contribution in [-0.2, 0) is 10.9 Å². The van der Waals surface area contributed by atoms with E-state index in [-0.39, 0.29) is 23.6 Å². The highest BCUT2D eigenvalue weighted by molar-refractivity contribution is 5.93. The Morgan fingerprint density at radius 1 is 1.38 bits per heavy atom. The van der Waals surface area contributed by atoms with Gasteiger partial charge in [-0.1, -0.05) is 0 Å². The molecule has 2 aliphatic rings. The first-order valence-corrected chi connectivity index (χ1v) is 6.58. The standard InChI is InChI=1S/C13H14F3N3O2/c1-8-4-9(13(14,15)16)5-11(17-8)19-3-2-18(12(19)20)6-10-7-21-10/h4-5,10H,2-3,6-7H2,1H3. The zero-order chi connectivity index (χ0) is 15.2. The van der Waals surface area contributed by atoms with Crippen LogP contribution >= 0.6 is 0 Å². The lowest BCUT2D eigenvalue weighted by atomic mass is 10.2. The number of anilines is 1. The van der Waals surface area contributed by atoms with Crippen LogP contribution < -0.4 is 4.90 Å². The average Bonchev–Trinajstić information content (AvgIpc) is 3.12. The van der Waals surface area contributed by atoms with Gasteiger partial charge in [-0.05, 0) is 19.1 Å². The highest BCUT2D eigenvalue weighted by Gasteiger charge is 2.37. The minimum absolute atomic E-state index is 0.0477. The molecule has 1 unspecified atom stereocenters. The zero-order valence-corrected chi connectivity index (χ0v) is 11.4. The number of ether oxygens (including phenoxy) is 1. The zero-order valence-electron chi connectivity index (χ0n) is 11.4. The Bertz CT molecular complexity index is 572. The summed E-state index contributed by atoms with van der Waals surface area (Å²) in [7, 11) is 0. The number of amides is 2. The number of nitrogens with zero attached hydrogens (tertiary/aromatic N) is 3. The van der Waals surface area contributed by atoms with Crippen molar-refractivity contribution in [3.8, 4) is 0 Å². The summed E-state index contributed by atoms with van der Waals surface area (Å²) in [6, 6.07) is 1.57. The van der Waals surface area contributed by atoms with Gasteiger partial charge in [0, 0.05) is 18.8 Å². The van der Waals surface area contributed by atoms with Crippen LogP contribution in [0.4, 0.5) is 23.8 Å². The highest BCUT2D eigenvalue weighted by atomic mass is 19.4. The molecule has 2 fully saturated rings. The summed E-state index contributed by atoms with van der Waals surface area (Å²) in [5.41, 5.74) is -0.557. The fraction of sp³-hybridized carbons (Fsp3) is 0.538. The van der Waals surface area contributed by atoms with E-state index < -0.39 is 11.7 Å². The molecule has 8 heteroatoms. The molecule has 0 bridgehead atoms. The van der Waals surface area contributed by atoms with Crippen molar-refractivity contribution in [2.24, 2.45) is 0 Å². The van der Waals surface area contributed by atoms with Crippen molar-refractivity contribution in [3.05, 3.63) is 23.4 Å². The van der Waals surface area contributed by atoms with E-state index in [0.29, 0.717) is 26.2 Å². The normalized spacial score (nSPS) is 22.1. The van der Waals surface area contributed by atoms with Gasteiger partial charge in [0.15, 0.2) is 0 Å². The first-order chi connectivity index (χ1) is 9.84. The summed E-state index contributed by atoms with van der Waals surface area (Å²) in [5, 5.41) is 0. The highest BCUT2D eigenvalue weighted by Crippen LogP contribution is 2.32. The second kappa shape index (κ2) is 4.87. The molecule has 0 aromatic carbocycles. The molecule has 3 heterocycles. The number of hydrogen-bond acceptors (Lipinski definition) is 3. The summed E-state index contributed by atoms with van der Waals surface area (Å²) in [4.78, 5) is 19.1. The fourth-order valence-corrected chi connectivity index (χ4v) is 2.34. The van der Waals surface area contributed by atoms with E-state index in [9.17, 15) is 18.0 Å². The van der Waals surface area contributed by atoms with Crippen LogP contribution in [0.1, 0.15) is 11.3 Å². The van der Waals surface area contributed by atoms with Crippen LogP contribution in [0, 0.1) is 6.92 Å². The third kappa shape index (κ3) is 2.94. The van der Waals surface area contributed by atoms with Crippen molar-refractivity contribution in [1.29, 1.82) is 0 Å². The lowest BCUT2D eigenvalue weighted by Gasteiger charge is -2.19. The van der Waals surface area contributed by atoms with E-state index in [1.807, 2.05) is 0 Å². The molecule has 21 heavy (non-hydrogen) atoms. The Morgan fingerprint density at radius 2 is 2.10 bits per heavy atom. The number of epoxide rings is 1. The molecule has 0 N–H and O–H groups in total. The lowest BCUT2D eigenvalue weighted by Crippen LogP contribution is -2.34. The van der Waals surface area contributed by atoms with Crippen molar-refractivity contribution in [3.63, 3.8) is 0 Å². The van der Waals surface area contributed by atoms with Crippen molar-refractivity contribution >= 4 is 11.8 Å². The molecular weight excluding hydrogens is 287 g/mol. The summed E-state index contributed by atoms with van der Waals surface area (Å²) in [6.07, 6.45) is -4.39. The summed E-state index contributed by atoms with van der Waals surface area (Å²) < 4.78 is 43.6. The maximum atomic E-state index is 12.8. The number of halogens is 3. The first-order valence-electron chi connectivity index (χ1n) is 6.58. The van der Waals surface area contributed by atoms with Gasteiger partial charge in [0.25, 0.3) is 0 Å². The maximum Gasteiger partial charge on any atom is 0.416 e. The van der Waals surface area contributed by atoms with E-state index >= 15 is 0 Å². The number of carbonyl (C=O) groups excluding carboxylic acids is 1. The quantitative estimate of drug-likeness (QED) is 0.803. The topological polar surface area (TPSA) is 49.0 Å². The van der Waals surface area contributed by atoms with Gasteiger partial charge in [-0.3, -0.25) is 4.90 Å². The van der Waals surface area contributed by atoms with Gasteiger partial charge < -0.3 is 9.64 Å². The minimum Gasteiger partial charge on any atom is -0.371 e. The summed E-state index contributed by atoms with van der Waals surface area (Å²) >= 11 is 0. The van der Waals surface area contributed by atoms with Gasteiger partial charge in [-0.25, -0.2) is 9.78 Å². The Morgan fingerprint density at radius 3 is 2.71 bits per heavy atom. The van der Waals surface area contributed by atoms with Gasteiger partial charge in [-0.15, -0.1) is 0 Å². The Kier molecular flexibility index (Phi) is 3.27. The van der Waals surface area contributed by atoms with E-state index in [0.717, 1.165) is 12.1 Å². The number of aromatic nitrogens is 1. The largest absolute Gasteiger partial charge is 0.416 e. The number of aryl methyl sites for hydroxylation is 1. The first kappa shape index (κ1) is 14.1. The number of rotatable bonds is 3. The third-order valence-corrected chi connectivity index (χ3v) is 3.47. The fourth-order valence-electron chi connectivity index (χ4n) is 2.34. The molecule has 2 amide bonds. The number of pyridine rings is 1. The monoisotopic (exact) mass is 301 g/mol. The molecule has 0 spiro atoms. The molecule has 0 aliphatic carbocycles. The summed E-state index contributed by atoms with van der Waals surface area (Å²) in [5.74, 6) is 0.0477. The molecule has 2 saturated heterocycles. The second-order valence-electron chi connectivity index (χ2n) is 5.19. The van der Waals surface area contributed by atoms with Gasteiger partial charge in [-0.2, -0.15) is 13.2 Å². The summed E-state index contributed by atoms with van der Waals surface area (Å²) in [6.45, 7) is 3.39. The van der Waals surface area contributed by atoms with Crippen molar-refractivity contribution in [2.75, 3.05) is 31.1 Å². The van der Waals surface area contributed by atoms with Crippen LogP contribution in [0.3, 0.4) is 0 Å². The van der Waals surface area contributed by atoms with E-state index in [1.165, 1.54) is 11.8 Å². The van der Waals surface area contributed by atoms with Crippen LogP contribution in [0.5, 0.6) is 0 Å². The van der Waals surface area contributed by atoms with Crippen molar-refractivity contribution in [2.45, 2.75) is 19.2 Å². The van der Waals surface area contributed by atoms with Gasteiger partial charge >= 0.3 is 12.2 Å². The van der Waals surface area contributed by atoms with Crippen LogP contribution in [0.15, 0.2) is 12.1 Å². The molecule has 0 radical (unpaired) electrons. The number of urea groups is 1. The molecule has 114 valence electrons. The van der Waals surface area contributed by atoms with Gasteiger partial charge in [0.1, 0.15) is 5.82 Å². The molecule has 5 nitrogen and oxygen atoms in total. The Labute approximate surface area is 119 Å². The Balaban J connectivity index is 1.83. The second-order valence-corrected chi connectivity index (χ2v) is 5.19. The van der Waals surface area contributed by atoms with Crippen molar-refractivity contribution in [1.82, 2.24) is 9.88 Å². The number of alkyl halides is 3. The van der Waals surface area contributed by atoms with Crippen molar-refractivity contribution < 1.29 is 22.7 Å². The maximum absolute atomic E-state index is 12.8. The third-order valence-electron chi connectivity index (χ3n) is 3.47. The predicted molar refractivity (Wildman–Crippen MR) is 68.0 cm³/mol. The van der Waals surface area contributed by atoms with Gasteiger partial charge in [0.05, 0.1) is 24.8 Å². The predicted octanol–water partition coefficient (Wildman–Crippen LogP) is 2.05. The smallest absolute Gasteiger partial charge is 0.371 e. The SMILES string of the molecule is Cc1cc(C(F)(F)F)cc(N2CCN(CC3CO3)C2=O)n1. The molecular formula is C13H14F3N3O2. The van der Waals surface area contributed by atoms with Crippen LogP contribution in [0.25, 0.3) is 0 Å².